The van der Waals surface area contributed by atoms with Crippen molar-refractivity contribution in [2.45, 2.75) is 26.2 Å². The van der Waals surface area contributed by atoms with E-state index in [4.69, 9.17) is 10.5 Å². The van der Waals surface area contributed by atoms with Gasteiger partial charge in [-0.2, -0.15) is 0 Å². The van der Waals surface area contributed by atoms with Crippen LogP contribution in [0.15, 0.2) is 66.7 Å². The standard InChI is InChI=1S/C25H25NO3/c1-25(2,3)20-11-8-16(9-12-20)23(27)18-7-5-6-17(14-18)21-13-10-19(24(26)28)15-22(21)29-4/h5-15H,1-4H3,(H2,26,28). The van der Waals surface area contributed by atoms with Crippen molar-refractivity contribution in [3.63, 3.8) is 0 Å². The first-order valence-electron chi connectivity index (χ1n) is 9.44. The number of carbonyl (C=O) groups is 2. The summed E-state index contributed by atoms with van der Waals surface area (Å²) in [6, 6.07) is 20.2. The lowest BCUT2D eigenvalue weighted by Crippen LogP contribution is -2.11. The van der Waals surface area contributed by atoms with E-state index in [1.165, 1.54) is 12.7 Å². The largest absolute Gasteiger partial charge is 0.496 e. The predicted octanol–water partition coefficient (Wildman–Crippen LogP) is 4.99. The Morgan fingerprint density at radius 3 is 2.07 bits per heavy atom. The first-order valence-corrected chi connectivity index (χ1v) is 9.44. The van der Waals surface area contributed by atoms with E-state index in [1.807, 2.05) is 42.5 Å². The van der Waals surface area contributed by atoms with Crippen LogP contribution in [0.5, 0.6) is 5.75 Å². The van der Waals surface area contributed by atoms with Crippen LogP contribution in [0.4, 0.5) is 0 Å². The van der Waals surface area contributed by atoms with E-state index >= 15 is 0 Å². The summed E-state index contributed by atoms with van der Waals surface area (Å²) in [6.45, 7) is 6.43. The van der Waals surface area contributed by atoms with Gasteiger partial charge in [0.1, 0.15) is 5.75 Å². The number of carbonyl (C=O) groups excluding carboxylic acids is 2. The summed E-state index contributed by atoms with van der Waals surface area (Å²) in [6.07, 6.45) is 0. The Morgan fingerprint density at radius 1 is 0.828 bits per heavy atom. The van der Waals surface area contributed by atoms with E-state index in [2.05, 4.69) is 20.8 Å². The highest BCUT2D eigenvalue weighted by atomic mass is 16.5. The molecule has 4 nitrogen and oxygen atoms in total. The van der Waals surface area contributed by atoms with Crippen LogP contribution in [-0.2, 0) is 5.41 Å². The van der Waals surface area contributed by atoms with Gasteiger partial charge >= 0.3 is 0 Å². The van der Waals surface area contributed by atoms with E-state index in [-0.39, 0.29) is 11.2 Å². The first-order chi connectivity index (χ1) is 13.7. The van der Waals surface area contributed by atoms with E-state index in [0.717, 1.165) is 11.1 Å². The third kappa shape index (κ3) is 4.37. The minimum absolute atomic E-state index is 0.0368. The molecule has 148 valence electrons. The average Bonchev–Trinajstić information content (AvgIpc) is 2.72. The Labute approximate surface area is 171 Å². The number of hydrogen-bond acceptors (Lipinski definition) is 3. The fourth-order valence-corrected chi connectivity index (χ4v) is 3.20. The number of benzene rings is 3. The number of nitrogens with two attached hydrogens (primary N) is 1. The molecular formula is C25H25NO3. The second-order valence-electron chi connectivity index (χ2n) is 8.02. The SMILES string of the molecule is COc1cc(C(N)=O)ccc1-c1cccc(C(=O)c2ccc(C(C)(C)C)cc2)c1. The molecule has 3 aromatic rings. The summed E-state index contributed by atoms with van der Waals surface area (Å²) < 4.78 is 5.43. The zero-order valence-corrected chi connectivity index (χ0v) is 17.2. The van der Waals surface area contributed by atoms with Crippen molar-refractivity contribution in [3.05, 3.63) is 89.0 Å². The fourth-order valence-electron chi connectivity index (χ4n) is 3.20. The van der Waals surface area contributed by atoms with E-state index < -0.39 is 5.91 Å². The molecule has 0 aliphatic rings. The van der Waals surface area contributed by atoms with Crippen molar-refractivity contribution in [2.75, 3.05) is 7.11 Å². The van der Waals surface area contributed by atoms with Gasteiger partial charge in [-0.25, -0.2) is 0 Å². The van der Waals surface area contributed by atoms with Crippen molar-refractivity contribution in [1.82, 2.24) is 0 Å². The van der Waals surface area contributed by atoms with Gasteiger partial charge in [0, 0.05) is 22.3 Å². The number of amides is 1. The molecule has 29 heavy (non-hydrogen) atoms. The molecule has 2 N–H and O–H groups in total. The lowest BCUT2D eigenvalue weighted by Gasteiger charge is -2.19. The van der Waals surface area contributed by atoms with Crippen molar-refractivity contribution < 1.29 is 14.3 Å². The second-order valence-corrected chi connectivity index (χ2v) is 8.02. The molecule has 0 unspecified atom stereocenters. The van der Waals surface area contributed by atoms with E-state index in [0.29, 0.717) is 22.4 Å². The van der Waals surface area contributed by atoms with Gasteiger partial charge in [0.05, 0.1) is 7.11 Å². The molecular weight excluding hydrogens is 362 g/mol. The molecule has 1 amide bonds. The molecule has 0 fully saturated rings. The highest BCUT2D eigenvalue weighted by molar-refractivity contribution is 6.09. The summed E-state index contributed by atoms with van der Waals surface area (Å²) in [7, 11) is 1.54. The van der Waals surface area contributed by atoms with Gasteiger partial charge in [-0.15, -0.1) is 0 Å². The Balaban J connectivity index is 1.96. The molecule has 0 saturated heterocycles. The van der Waals surface area contributed by atoms with Crippen molar-refractivity contribution in [2.24, 2.45) is 5.73 Å². The minimum Gasteiger partial charge on any atom is -0.496 e. The van der Waals surface area contributed by atoms with Gasteiger partial charge in [-0.05, 0) is 40.8 Å². The third-order valence-corrected chi connectivity index (χ3v) is 4.93. The van der Waals surface area contributed by atoms with Crippen LogP contribution >= 0.6 is 0 Å². The van der Waals surface area contributed by atoms with Crippen LogP contribution in [0.1, 0.15) is 52.6 Å². The third-order valence-electron chi connectivity index (χ3n) is 4.93. The molecule has 0 bridgehead atoms. The molecule has 3 rings (SSSR count). The Bertz CT molecular complexity index is 1060. The Morgan fingerprint density at radius 2 is 1.48 bits per heavy atom. The van der Waals surface area contributed by atoms with E-state index in [9.17, 15) is 9.59 Å². The minimum atomic E-state index is -0.516. The van der Waals surface area contributed by atoms with Gasteiger partial charge in [-0.1, -0.05) is 63.2 Å². The van der Waals surface area contributed by atoms with Crippen molar-refractivity contribution >= 4 is 11.7 Å². The highest BCUT2D eigenvalue weighted by Gasteiger charge is 2.16. The summed E-state index contributed by atoms with van der Waals surface area (Å²) in [5.74, 6) is -0.0297. The number of methoxy groups -OCH3 is 1. The first kappa shape index (κ1) is 20.3. The number of ketones is 1. The molecule has 0 atom stereocenters. The monoisotopic (exact) mass is 387 g/mol. The van der Waals surface area contributed by atoms with Crippen LogP contribution in [0.2, 0.25) is 0 Å². The maximum Gasteiger partial charge on any atom is 0.248 e. The Kier molecular flexibility index (Phi) is 5.55. The molecule has 0 aliphatic heterocycles. The number of primary amides is 1. The topological polar surface area (TPSA) is 69.4 Å². The summed E-state index contributed by atoms with van der Waals surface area (Å²) in [5, 5.41) is 0. The Hall–Kier alpha value is -3.40. The smallest absolute Gasteiger partial charge is 0.248 e. The van der Waals surface area contributed by atoms with Crippen LogP contribution in [0.3, 0.4) is 0 Å². The number of hydrogen-bond donors (Lipinski definition) is 1. The normalized spacial score (nSPS) is 11.2. The van der Waals surface area contributed by atoms with Crippen molar-refractivity contribution in [1.29, 1.82) is 0 Å². The fraction of sp³-hybridized carbons (Fsp3) is 0.200. The van der Waals surface area contributed by atoms with Gasteiger partial charge in [0.25, 0.3) is 0 Å². The maximum atomic E-state index is 13.0. The number of rotatable bonds is 5. The zero-order valence-electron chi connectivity index (χ0n) is 17.2. The van der Waals surface area contributed by atoms with E-state index in [1.54, 1.807) is 24.3 Å². The quantitative estimate of drug-likeness (QED) is 0.627. The molecule has 0 aliphatic carbocycles. The van der Waals surface area contributed by atoms with Crippen LogP contribution in [0.25, 0.3) is 11.1 Å². The van der Waals surface area contributed by atoms with Gasteiger partial charge < -0.3 is 10.5 Å². The average molecular weight is 387 g/mol. The van der Waals surface area contributed by atoms with Crippen LogP contribution < -0.4 is 10.5 Å². The molecule has 0 saturated carbocycles. The lowest BCUT2D eigenvalue weighted by atomic mass is 9.86. The van der Waals surface area contributed by atoms with Gasteiger partial charge in [0.15, 0.2) is 5.78 Å². The predicted molar refractivity (Wildman–Crippen MR) is 116 cm³/mol. The van der Waals surface area contributed by atoms with Crippen molar-refractivity contribution in [3.8, 4) is 16.9 Å². The molecule has 0 spiro atoms. The maximum absolute atomic E-state index is 13.0. The molecule has 0 aromatic heterocycles. The highest BCUT2D eigenvalue weighted by Crippen LogP contribution is 2.32. The molecule has 0 heterocycles. The summed E-state index contributed by atoms with van der Waals surface area (Å²) in [5.41, 5.74) is 9.79. The van der Waals surface area contributed by atoms with Gasteiger partial charge in [0.2, 0.25) is 5.91 Å². The molecule has 0 radical (unpaired) electrons. The second kappa shape index (κ2) is 7.92. The zero-order chi connectivity index (χ0) is 21.2. The summed E-state index contributed by atoms with van der Waals surface area (Å²) in [4.78, 5) is 24.4. The van der Waals surface area contributed by atoms with Crippen LogP contribution in [0, 0.1) is 0 Å². The molecule has 4 heteroatoms. The van der Waals surface area contributed by atoms with Crippen LogP contribution in [-0.4, -0.2) is 18.8 Å². The lowest BCUT2D eigenvalue weighted by molar-refractivity contribution is 0.0998. The summed E-state index contributed by atoms with van der Waals surface area (Å²) >= 11 is 0. The molecule has 3 aromatic carbocycles. The number of ether oxygens (including phenoxy) is 1. The van der Waals surface area contributed by atoms with Gasteiger partial charge in [-0.3, -0.25) is 9.59 Å².